The molecule has 0 aromatic rings. The minimum atomic E-state index is 0. The topological polar surface area (TPSA) is 0 Å². The Labute approximate surface area is 106 Å². The van der Waals surface area contributed by atoms with Crippen LogP contribution in [0.4, 0.5) is 0 Å². The maximum Gasteiger partial charge on any atom is -0.0292 e. The lowest BCUT2D eigenvalue weighted by Gasteiger charge is -2.24. The van der Waals surface area contributed by atoms with Crippen molar-refractivity contribution in [1.82, 2.24) is 0 Å². The lowest BCUT2D eigenvalue weighted by molar-refractivity contribution is 0.265. The Bertz CT molecular complexity index is 151. The van der Waals surface area contributed by atoms with Gasteiger partial charge in [-0.1, -0.05) is 63.8 Å². The second-order valence-electron chi connectivity index (χ2n) is 5.46. The first-order valence-corrected chi connectivity index (χ1v) is 6.03. The Morgan fingerprint density at radius 1 is 0.750 bits per heavy atom. The summed E-state index contributed by atoms with van der Waals surface area (Å²) in [5.74, 6) is 4.12. The van der Waals surface area contributed by atoms with E-state index in [9.17, 15) is 0 Å². The van der Waals surface area contributed by atoms with Crippen molar-refractivity contribution in [2.45, 2.75) is 76.7 Å². The van der Waals surface area contributed by atoms with Crippen LogP contribution in [-0.2, 0) is 0 Å². The summed E-state index contributed by atoms with van der Waals surface area (Å²) < 4.78 is 0. The highest BCUT2D eigenvalue weighted by Gasteiger charge is 2.59. The molecular weight excluding hydrogens is 192 g/mol. The quantitative estimate of drug-likeness (QED) is 0.461. The van der Waals surface area contributed by atoms with Crippen molar-refractivity contribution in [3.05, 3.63) is 0 Å². The van der Waals surface area contributed by atoms with E-state index in [-0.39, 0.29) is 22.3 Å². The van der Waals surface area contributed by atoms with Crippen molar-refractivity contribution in [3.8, 4) is 0 Å². The van der Waals surface area contributed by atoms with Gasteiger partial charge in [-0.05, 0) is 41.9 Å². The van der Waals surface area contributed by atoms with Gasteiger partial charge in [-0.25, -0.2) is 0 Å². The van der Waals surface area contributed by atoms with Crippen LogP contribution in [0.5, 0.6) is 0 Å². The molecule has 0 nitrogen and oxygen atoms in total. The standard InChI is InChI=1S/C11H20.C2H6.3CH4/c1-7-5-9-10(6-8(7)2)11(9,3)4;1-2;;;/h7-10H,5-6H2,1-4H3;1-2H3;3*1H4/t7-,8-,9+,10?;;;;/m1..../s1. The first kappa shape index (κ1) is 21.3. The summed E-state index contributed by atoms with van der Waals surface area (Å²) in [6, 6.07) is 0. The summed E-state index contributed by atoms with van der Waals surface area (Å²) >= 11 is 0. The molecule has 0 amide bonds. The SMILES string of the molecule is C.C.C.CC.C[C@@H]1CC2[C@H](C[C@H]1C)C2(C)C. The third kappa shape index (κ3) is 3.50. The van der Waals surface area contributed by atoms with Gasteiger partial charge in [0.1, 0.15) is 0 Å². The van der Waals surface area contributed by atoms with E-state index in [2.05, 4.69) is 27.7 Å². The molecule has 16 heavy (non-hydrogen) atoms. The Morgan fingerprint density at radius 2 is 1.00 bits per heavy atom. The molecule has 4 atom stereocenters. The summed E-state index contributed by atoms with van der Waals surface area (Å²) in [5.41, 5.74) is 0.707. The first-order valence-electron chi connectivity index (χ1n) is 6.03. The van der Waals surface area contributed by atoms with Crippen LogP contribution in [0.15, 0.2) is 0 Å². The molecule has 0 spiro atoms. The van der Waals surface area contributed by atoms with E-state index in [0.29, 0.717) is 5.41 Å². The fourth-order valence-electron chi connectivity index (χ4n) is 3.06. The number of rotatable bonds is 0. The summed E-state index contributed by atoms with van der Waals surface area (Å²) in [6.07, 6.45) is 3.00. The Balaban J connectivity index is -0.000000321. The second-order valence-corrected chi connectivity index (χ2v) is 5.46. The van der Waals surface area contributed by atoms with E-state index in [1.54, 1.807) is 0 Å². The zero-order valence-electron chi connectivity index (χ0n) is 10.2. The normalized spacial score (nSPS) is 37.1. The lowest BCUT2D eigenvalue weighted by Crippen LogP contribution is -2.14. The molecule has 0 aromatic heterocycles. The van der Waals surface area contributed by atoms with Gasteiger partial charge in [-0.15, -0.1) is 0 Å². The Morgan fingerprint density at radius 3 is 1.25 bits per heavy atom. The molecule has 0 saturated heterocycles. The molecule has 0 bridgehead atoms. The zero-order chi connectivity index (χ0) is 10.2. The van der Waals surface area contributed by atoms with Crippen LogP contribution in [0.25, 0.3) is 0 Å². The molecule has 0 radical (unpaired) electrons. The van der Waals surface area contributed by atoms with Crippen molar-refractivity contribution in [3.63, 3.8) is 0 Å². The lowest BCUT2D eigenvalue weighted by atomic mass is 9.82. The molecule has 0 heteroatoms. The molecule has 2 aliphatic rings. The zero-order valence-corrected chi connectivity index (χ0v) is 10.2. The average Bonchev–Trinajstić information content (AvgIpc) is 2.60. The van der Waals surface area contributed by atoms with Gasteiger partial charge in [0.05, 0.1) is 0 Å². The van der Waals surface area contributed by atoms with Gasteiger partial charge in [-0.3, -0.25) is 0 Å². The third-order valence-electron chi connectivity index (χ3n) is 4.51. The molecule has 2 rings (SSSR count). The first-order chi connectivity index (χ1) is 6.03. The molecule has 102 valence electrons. The highest BCUT2D eigenvalue weighted by Crippen LogP contribution is 2.66. The maximum absolute atomic E-state index is 2.45. The van der Waals surface area contributed by atoms with Crippen LogP contribution < -0.4 is 0 Å². The Kier molecular flexibility index (Phi) is 9.79. The molecule has 2 saturated carbocycles. The van der Waals surface area contributed by atoms with Crippen LogP contribution in [0.2, 0.25) is 0 Å². The molecular formula is C16H38. The largest absolute Gasteiger partial charge is 0.0776 e. The monoisotopic (exact) mass is 230 g/mol. The molecule has 1 unspecified atom stereocenters. The smallest absolute Gasteiger partial charge is 0.0292 e. The number of hydrogen-bond acceptors (Lipinski definition) is 0. The van der Waals surface area contributed by atoms with Crippen LogP contribution in [-0.4, -0.2) is 0 Å². The average molecular weight is 230 g/mol. The minimum absolute atomic E-state index is 0. The number of fused-ring (bicyclic) bond motifs is 1. The van der Waals surface area contributed by atoms with E-state index in [4.69, 9.17) is 0 Å². The molecule has 0 aromatic carbocycles. The van der Waals surface area contributed by atoms with E-state index in [1.165, 1.54) is 12.8 Å². The van der Waals surface area contributed by atoms with Crippen LogP contribution in [0.3, 0.4) is 0 Å². The molecule has 2 aliphatic carbocycles. The maximum atomic E-state index is 2.45. The molecule has 0 aliphatic heterocycles. The summed E-state index contributed by atoms with van der Waals surface area (Å²) in [6.45, 7) is 13.8. The minimum Gasteiger partial charge on any atom is -0.0776 e. The van der Waals surface area contributed by atoms with Crippen LogP contribution in [0.1, 0.15) is 76.7 Å². The van der Waals surface area contributed by atoms with Crippen molar-refractivity contribution in [2.75, 3.05) is 0 Å². The fraction of sp³-hybridized carbons (Fsp3) is 1.00. The van der Waals surface area contributed by atoms with Gasteiger partial charge in [0.2, 0.25) is 0 Å². The molecule has 2 fully saturated rings. The Hall–Kier alpha value is 0. The van der Waals surface area contributed by atoms with Gasteiger partial charge in [-0.2, -0.15) is 0 Å². The van der Waals surface area contributed by atoms with Crippen LogP contribution in [0, 0.1) is 29.1 Å². The molecule has 0 heterocycles. The van der Waals surface area contributed by atoms with E-state index >= 15 is 0 Å². The predicted octanol–water partition coefficient (Wildman–Crippen LogP) is 6.26. The highest BCUT2D eigenvalue weighted by atomic mass is 14.6. The summed E-state index contributed by atoms with van der Waals surface area (Å²) in [5, 5.41) is 0. The van der Waals surface area contributed by atoms with Gasteiger partial charge in [0.15, 0.2) is 0 Å². The molecule has 0 N–H and O–H groups in total. The van der Waals surface area contributed by atoms with E-state index in [1.807, 2.05) is 13.8 Å². The van der Waals surface area contributed by atoms with Gasteiger partial charge in [0.25, 0.3) is 0 Å². The second kappa shape index (κ2) is 7.35. The predicted molar refractivity (Wildman–Crippen MR) is 79.9 cm³/mol. The van der Waals surface area contributed by atoms with E-state index < -0.39 is 0 Å². The van der Waals surface area contributed by atoms with Crippen molar-refractivity contribution in [1.29, 1.82) is 0 Å². The fourth-order valence-corrected chi connectivity index (χ4v) is 3.06. The highest BCUT2D eigenvalue weighted by molar-refractivity contribution is 5.08. The van der Waals surface area contributed by atoms with E-state index in [0.717, 1.165) is 23.7 Å². The third-order valence-corrected chi connectivity index (χ3v) is 4.51. The summed E-state index contributed by atoms with van der Waals surface area (Å²) in [7, 11) is 0. The van der Waals surface area contributed by atoms with Crippen LogP contribution >= 0.6 is 0 Å². The van der Waals surface area contributed by atoms with Crippen molar-refractivity contribution < 1.29 is 0 Å². The van der Waals surface area contributed by atoms with Crippen molar-refractivity contribution >= 4 is 0 Å². The van der Waals surface area contributed by atoms with Gasteiger partial charge >= 0.3 is 0 Å². The van der Waals surface area contributed by atoms with Gasteiger partial charge in [0, 0.05) is 0 Å². The summed E-state index contributed by atoms with van der Waals surface area (Å²) in [4.78, 5) is 0. The van der Waals surface area contributed by atoms with Crippen molar-refractivity contribution in [2.24, 2.45) is 29.1 Å². The number of hydrogen-bond donors (Lipinski definition) is 0. The van der Waals surface area contributed by atoms with Gasteiger partial charge < -0.3 is 0 Å².